The maximum absolute atomic E-state index is 10.7. The number of hydrogen-bond acceptors (Lipinski definition) is 3. The fraction of sp³-hybridized carbons (Fsp3) is 0.300. The van der Waals surface area contributed by atoms with Crippen LogP contribution in [0.25, 0.3) is 0 Å². The van der Waals surface area contributed by atoms with Crippen LogP contribution in [0.1, 0.15) is 16.7 Å². The minimum absolute atomic E-state index is 0.0979. The first-order valence-corrected chi connectivity index (χ1v) is 4.72. The Hall–Kier alpha value is -1.42. The lowest BCUT2D eigenvalue weighted by molar-refractivity contribution is -0.386. The number of nitro benzene ring substituents is 1. The van der Waals surface area contributed by atoms with Gasteiger partial charge in [-0.25, -0.2) is 0 Å². The molecule has 1 aromatic rings. The summed E-state index contributed by atoms with van der Waals surface area (Å²) in [5, 5.41) is 10.2. The summed E-state index contributed by atoms with van der Waals surface area (Å²) in [6.45, 7) is 3.29. The second kappa shape index (κ2) is 4.40. The lowest BCUT2D eigenvalue weighted by atomic mass is 10.0. The number of aryl methyl sites for hydroxylation is 2. The Morgan fingerprint density at radius 1 is 1.40 bits per heavy atom. The highest BCUT2D eigenvalue weighted by Gasteiger charge is 2.15. The van der Waals surface area contributed by atoms with Crippen LogP contribution >= 0.6 is 11.6 Å². The normalized spacial score (nSPS) is 10.1. The summed E-state index contributed by atoms with van der Waals surface area (Å²) in [7, 11) is 0. The summed E-state index contributed by atoms with van der Waals surface area (Å²) in [5.74, 6) is 0. The molecule has 0 heterocycles. The Morgan fingerprint density at radius 2 is 1.87 bits per heavy atom. The lowest BCUT2D eigenvalue weighted by Crippen LogP contribution is -1.99. The third-order valence-corrected chi connectivity index (χ3v) is 2.21. The van der Waals surface area contributed by atoms with Crippen molar-refractivity contribution < 1.29 is 9.72 Å². The van der Waals surface area contributed by atoms with Crippen molar-refractivity contribution in [1.82, 2.24) is 0 Å². The van der Waals surface area contributed by atoms with E-state index in [1.54, 1.807) is 26.0 Å². The third-order valence-electron chi connectivity index (χ3n) is 2.08. The van der Waals surface area contributed by atoms with Crippen LogP contribution in [0.2, 0.25) is 0 Å². The second-order valence-electron chi connectivity index (χ2n) is 3.37. The SMILES string of the molecule is Cc1cc(CC(=O)Cl)cc(C)c1[N+](=O)[O-]. The lowest BCUT2D eigenvalue weighted by Gasteiger charge is -2.04. The molecule has 0 aliphatic rings. The molecule has 1 aromatic carbocycles. The largest absolute Gasteiger partial charge is 0.281 e. The van der Waals surface area contributed by atoms with Gasteiger partial charge in [0, 0.05) is 17.5 Å². The Morgan fingerprint density at radius 3 is 2.20 bits per heavy atom. The molecule has 15 heavy (non-hydrogen) atoms. The smallest absolute Gasteiger partial charge is 0.275 e. The molecule has 0 aromatic heterocycles. The summed E-state index contributed by atoms with van der Waals surface area (Å²) in [6, 6.07) is 3.23. The summed E-state index contributed by atoms with van der Waals surface area (Å²) in [5.41, 5.74) is 1.90. The first-order valence-electron chi connectivity index (χ1n) is 4.34. The Bertz CT molecular complexity index is 406. The fourth-order valence-corrected chi connectivity index (χ4v) is 1.75. The van der Waals surface area contributed by atoms with Gasteiger partial charge in [0.05, 0.1) is 4.92 Å². The molecule has 0 N–H and O–H groups in total. The van der Waals surface area contributed by atoms with E-state index < -0.39 is 10.2 Å². The van der Waals surface area contributed by atoms with E-state index in [2.05, 4.69) is 0 Å². The number of rotatable bonds is 3. The zero-order valence-electron chi connectivity index (χ0n) is 8.41. The maximum Gasteiger partial charge on any atom is 0.275 e. The fourth-order valence-electron chi connectivity index (χ4n) is 1.60. The van der Waals surface area contributed by atoms with E-state index in [1.807, 2.05) is 0 Å². The van der Waals surface area contributed by atoms with E-state index in [0.717, 1.165) is 0 Å². The molecule has 0 saturated heterocycles. The monoisotopic (exact) mass is 227 g/mol. The number of nitro groups is 1. The van der Waals surface area contributed by atoms with Gasteiger partial charge in [-0.3, -0.25) is 14.9 Å². The predicted molar refractivity (Wildman–Crippen MR) is 57.1 cm³/mol. The Balaban J connectivity index is 3.19. The molecule has 0 aliphatic carbocycles. The zero-order valence-corrected chi connectivity index (χ0v) is 9.17. The highest BCUT2D eigenvalue weighted by atomic mass is 35.5. The van der Waals surface area contributed by atoms with Crippen molar-refractivity contribution in [3.63, 3.8) is 0 Å². The number of halogens is 1. The minimum Gasteiger partial charge on any atom is -0.281 e. The molecule has 0 fully saturated rings. The molecule has 80 valence electrons. The Kier molecular flexibility index (Phi) is 3.42. The first-order chi connectivity index (χ1) is 6.91. The second-order valence-corrected chi connectivity index (χ2v) is 3.79. The van der Waals surface area contributed by atoms with Crippen LogP contribution in [0.3, 0.4) is 0 Å². The van der Waals surface area contributed by atoms with Crippen molar-refractivity contribution in [2.45, 2.75) is 20.3 Å². The van der Waals surface area contributed by atoms with Crippen LogP contribution in [0.5, 0.6) is 0 Å². The van der Waals surface area contributed by atoms with Crippen LogP contribution < -0.4 is 0 Å². The average molecular weight is 228 g/mol. The quantitative estimate of drug-likeness (QED) is 0.453. The van der Waals surface area contributed by atoms with Gasteiger partial charge in [-0.05, 0) is 43.1 Å². The maximum atomic E-state index is 10.7. The molecule has 0 atom stereocenters. The van der Waals surface area contributed by atoms with Crippen LogP contribution in [0.15, 0.2) is 12.1 Å². The van der Waals surface area contributed by atoms with Crippen molar-refractivity contribution in [1.29, 1.82) is 0 Å². The molecule has 4 nitrogen and oxygen atoms in total. The van der Waals surface area contributed by atoms with Crippen molar-refractivity contribution in [3.05, 3.63) is 38.9 Å². The van der Waals surface area contributed by atoms with Crippen LogP contribution in [-0.4, -0.2) is 10.2 Å². The summed E-state index contributed by atoms with van der Waals surface area (Å²) in [4.78, 5) is 21.0. The zero-order chi connectivity index (χ0) is 11.6. The van der Waals surface area contributed by atoms with Crippen molar-refractivity contribution in [3.8, 4) is 0 Å². The predicted octanol–water partition coefficient (Wildman–Crippen LogP) is 2.52. The van der Waals surface area contributed by atoms with E-state index in [0.29, 0.717) is 16.7 Å². The number of hydrogen-bond donors (Lipinski definition) is 0. The highest BCUT2D eigenvalue weighted by molar-refractivity contribution is 6.63. The van der Waals surface area contributed by atoms with Crippen molar-refractivity contribution in [2.75, 3.05) is 0 Å². The molecule has 0 spiro atoms. The number of carbonyl (C=O) groups excluding carboxylic acids is 1. The van der Waals surface area contributed by atoms with Gasteiger partial charge in [-0.1, -0.05) is 0 Å². The molecule has 0 saturated carbocycles. The van der Waals surface area contributed by atoms with Crippen LogP contribution in [0.4, 0.5) is 5.69 Å². The van der Waals surface area contributed by atoms with Crippen LogP contribution in [0, 0.1) is 24.0 Å². The molecule has 5 heteroatoms. The molecule has 0 amide bonds. The van der Waals surface area contributed by atoms with Gasteiger partial charge in [-0.2, -0.15) is 0 Å². The van der Waals surface area contributed by atoms with Gasteiger partial charge in [0.25, 0.3) is 5.69 Å². The Labute approximate surface area is 92.0 Å². The molecular weight excluding hydrogens is 218 g/mol. The van der Waals surface area contributed by atoms with Gasteiger partial charge >= 0.3 is 0 Å². The third kappa shape index (κ3) is 2.76. The molecular formula is C10H10ClNO3. The van der Waals surface area contributed by atoms with E-state index in [9.17, 15) is 14.9 Å². The van der Waals surface area contributed by atoms with Gasteiger partial charge in [-0.15, -0.1) is 0 Å². The molecule has 0 radical (unpaired) electrons. The van der Waals surface area contributed by atoms with Crippen molar-refractivity contribution >= 4 is 22.5 Å². The van der Waals surface area contributed by atoms with E-state index in [-0.39, 0.29) is 12.1 Å². The van der Waals surface area contributed by atoms with E-state index >= 15 is 0 Å². The van der Waals surface area contributed by atoms with Crippen molar-refractivity contribution in [2.24, 2.45) is 0 Å². The number of carbonyl (C=O) groups is 1. The molecule has 1 rings (SSSR count). The first kappa shape index (κ1) is 11.7. The number of benzene rings is 1. The minimum atomic E-state index is -0.470. The van der Waals surface area contributed by atoms with Gasteiger partial charge in [0.1, 0.15) is 0 Å². The number of nitrogens with zero attached hydrogens (tertiary/aromatic N) is 1. The summed E-state index contributed by atoms with van der Waals surface area (Å²) < 4.78 is 0. The van der Waals surface area contributed by atoms with Gasteiger partial charge in [0.2, 0.25) is 5.24 Å². The van der Waals surface area contributed by atoms with Gasteiger partial charge in [0.15, 0.2) is 0 Å². The topological polar surface area (TPSA) is 60.2 Å². The van der Waals surface area contributed by atoms with E-state index in [4.69, 9.17) is 11.6 Å². The molecule has 0 unspecified atom stereocenters. The average Bonchev–Trinajstić information content (AvgIpc) is 1.99. The van der Waals surface area contributed by atoms with Gasteiger partial charge < -0.3 is 0 Å². The summed E-state index contributed by atoms with van der Waals surface area (Å²) >= 11 is 5.25. The summed E-state index contributed by atoms with van der Waals surface area (Å²) in [6.07, 6.45) is 0.0984. The molecule has 0 bridgehead atoms. The standard InChI is InChI=1S/C10H10ClNO3/c1-6-3-8(5-9(11)13)4-7(2)10(6)12(14)15/h3-4H,5H2,1-2H3. The van der Waals surface area contributed by atoms with E-state index in [1.165, 1.54) is 0 Å². The molecule has 0 aliphatic heterocycles. The van der Waals surface area contributed by atoms with Crippen LogP contribution in [-0.2, 0) is 11.2 Å². The highest BCUT2D eigenvalue weighted by Crippen LogP contribution is 2.24.